The fourth-order valence-electron chi connectivity index (χ4n) is 6.08. The molecule has 4 aliphatic carbocycles. The molecule has 0 aromatic heterocycles. The molecule has 0 heterocycles. The van der Waals surface area contributed by atoms with Gasteiger partial charge in [0, 0.05) is 12.1 Å². The maximum atomic E-state index is 13.4. The minimum atomic E-state index is -0.839. The van der Waals surface area contributed by atoms with Crippen molar-refractivity contribution in [1.29, 1.82) is 0 Å². The monoisotopic (exact) mass is 363 g/mol. The molecule has 0 radical (unpaired) electrons. The van der Waals surface area contributed by atoms with Crippen LogP contribution in [0.2, 0.25) is 0 Å². The number of nitrogens with one attached hydrogen (secondary N) is 1. The highest BCUT2D eigenvalue weighted by Crippen LogP contribution is 2.59. The van der Waals surface area contributed by atoms with E-state index in [1.807, 2.05) is 12.2 Å². The van der Waals surface area contributed by atoms with Gasteiger partial charge in [0.2, 0.25) is 0 Å². The Labute approximate surface area is 153 Å². The summed E-state index contributed by atoms with van der Waals surface area (Å²) in [6, 6.07) is 3.84. The number of halogens is 2. The van der Waals surface area contributed by atoms with Crippen LogP contribution in [0.3, 0.4) is 0 Å². The van der Waals surface area contributed by atoms with Crippen LogP contribution in [0, 0.1) is 34.8 Å². The van der Waals surface area contributed by atoms with Crippen molar-refractivity contribution in [3.63, 3.8) is 0 Å². The van der Waals surface area contributed by atoms with E-state index in [4.69, 9.17) is 0 Å². The molecule has 1 aromatic carbocycles. The normalized spacial score (nSPS) is 33.3. The van der Waals surface area contributed by atoms with Crippen LogP contribution < -0.4 is 10.6 Å². The van der Waals surface area contributed by atoms with E-state index in [2.05, 4.69) is 5.32 Å². The highest BCUT2D eigenvalue weighted by Gasteiger charge is 2.50. The van der Waals surface area contributed by atoms with E-state index in [0.29, 0.717) is 17.5 Å². The molecule has 4 bridgehead atoms. The van der Waals surface area contributed by atoms with E-state index in [1.54, 1.807) is 6.07 Å². The number of rotatable bonds is 6. The molecule has 4 fully saturated rings. The van der Waals surface area contributed by atoms with Crippen molar-refractivity contribution in [2.45, 2.75) is 51.5 Å². The highest BCUT2D eigenvalue weighted by atomic mass is 19.2. The number of hydrogen-bond donors (Lipinski definition) is 2. The highest BCUT2D eigenvalue weighted by molar-refractivity contribution is 5.76. The second-order valence-electron chi connectivity index (χ2n) is 9.10. The van der Waals surface area contributed by atoms with Crippen molar-refractivity contribution in [3.05, 3.63) is 35.4 Å². The molecule has 4 saturated carbocycles. The van der Waals surface area contributed by atoms with Gasteiger partial charge in [-0.15, -0.1) is 0 Å². The summed E-state index contributed by atoms with van der Waals surface area (Å²) < 4.78 is 26.4. The Bertz CT molecular complexity index is 655. The zero-order chi connectivity index (χ0) is 18.3. The Morgan fingerprint density at radius 3 is 2.35 bits per heavy atom. The summed E-state index contributed by atoms with van der Waals surface area (Å²) >= 11 is 0. The second-order valence-corrected chi connectivity index (χ2v) is 9.10. The van der Waals surface area contributed by atoms with E-state index in [-0.39, 0.29) is 11.9 Å². The molecule has 0 unspecified atom stereocenters. The maximum absolute atomic E-state index is 13.4. The smallest absolute Gasteiger partial charge is 0.275 e. The summed E-state index contributed by atoms with van der Waals surface area (Å²) in [7, 11) is 0. The van der Waals surface area contributed by atoms with Crippen LogP contribution >= 0.6 is 0 Å². The van der Waals surface area contributed by atoms with Crippen molar-refractivity contribution in [1.82, 2.24) is 5.32 Å². The Morgan fingerprint density at radius 1 is 1.15 bits per heavy atom. The van der Waals surface area contributed by atoms with Crippen molar-refractivity contribution in [3.8, 4) is 0 Å². The number of amides is 1. The predicted octanol–water partition coefficient (Wildman–Crippen LogP) is 2.92. The molecular formula is C21H29F2N2O+. The Morgan fingerprint density at radius 2 is 1.77 bits per heavy atom. The van der Waals surface area contributed by atoms with Gasteiger partial charge in [0.1, 0.15) is 6.04 Å². The third-order valence-electron chi connectivity index (χ3n) is 6.95. The number of nitrogens with two attached hydrogens (primary N) is 1. The van der Waals surface area contributed by atoms with Gasteiger partial charge in [-0.05, 0) is 86.8 Å². The first-order chi connectivity index (χ1) is 12.4. The van der Waals surface area contributed by atoms with Gasteiger partial charge in [-0.3, -0.25) is 4.79 Å². The summed E-state index contributed by atoms with van der Waals surface area (Å²) in [6.45, 7) is 3.02. The third-order valence-corrected chi connectivity index (χ3v) is 6.95. The Hall–Kier alpha value is -1.49. The van der Waals surface area contributed by atoms with Crippen LogP contribution in [-0.2, 0) is 4.79 Å². The number of carbonyl (C=O) groups is 1. The van der Waals surface area contributed by atoms with Crippen LogP contribution in [0.15, 0.2) is 18.2 Å². The molecular weight excluding hydrogens is 334 g/mol. The van der Waals surface area contributed by atoms with E-state index in [1.165, 1.54) is 44.6 Å². The largest absolute Gasteiger partial charge is 0.351 e. The first kappa shape index (κ1) is 17.9. The zero-order valence-electron chi connectivity index (χ0n) is 15.4. The molecule has 3 N–H and O–H groups in total. The number of benzene rings is 1. The Kier molecular flexibility index (Phi) is 4.76. The molecule has 1 amide bonds. The first-order valence-corrected chi connectivity index (χ1v) is 9.97. The van der Waals surface area contributed by atoms with E-state index < -0.39 is 11.6 Å². The molecule has 0 aliphatic heterocycles. The molecule has 4 aliphatic rings. The SMILES string of the molecule is C[C@@H]([NH2+]CC(=O)NCC12CC3CC(CC(C3)C1)C2)c1ccc(F)c(F)c1. The molecule has 26 heavy (non-hydrogen) atoms. The van der Waals surface area contributed by atoms with Crippen LogP contribution in [0.5, 0.6) is 0 Å². The summed E-state index contributed by atoms with van der Waals surface area (Å²) in [5.41, 5.74) is 1.04. The minimum absolute atomic E-state index is 0.0372. The quantitative estimate of drug-likeness (QED) is 0.802. The average molecular weight is 363 g/mol. The van der Waals surface area contributed by atoms with Crippen molar-refractivity contribution >= 4 is 5.91 Å². The zero-order valence-corrected chi connectivity index (χ0v) is 15.4. The number of carbonyl (C=O) groups excluding carboxylic acids is 1. The van der Waals surface area contributed by atoms with Crippen LogP contribution in [0.1, 0.15) is 57.1 Å². The molecule has 0 spiro atoms. The fourth-order valence-corrected chi connectivity index (χ4v) is 6.08. The fraction of sp³-hybridized carbons (Fsp3) is 0.667. The van der Waals surface area contributed by atoms with Crippen LogP contribution in [-0.4, -0.2) is 19.0 Å². The molecule has 5 rings (SSSR count). The lowest BCUT2D eigenvalue weighted by Crippen LogP contribution is -2.87. The predicted molar refractivity (Wildman–Crippen MR) is 95.2 cm³/mol. The van der Waals surface area contributed by atoms with Crippen molar-refractivity contribution < 1.29 is 18.9 Å². The van der Waals surface area contributed by atoms with Gasteiger partial charge in [0.05, 0.1) is 0 Å². The van der Waals surface area contributed by atoms with Gasteiger partial charge in [0.15, 0.2) is 18.2 Å². The molecule has 142 valence electrons. The van der Waals surface area contributed by atoms with Crippen LogP contribution in [0.25, 0.3) is 0 Å². The van der Waals surface area contributed by atoms with Gasteiger partial charge in [-0.2, -0.15) is 0 Å². The summed E-state index contributed by atoms with van der Waals surface area (Å²) in [6.07, 6.45) is 8.09. The van der Waals surface area contributed by atoms with E-state index >= 15 is 0 Å². The standard InChI is InChI=1S/C21H28F2N2O/c1-13(17-2-3-18(22)19(23)7-17)24-11-20(26)25-12-21-8-14-4-15(9-21)6-16(5-14)10-21/h2-3,7,13-16,24H,4-6,8-12H2,1H3,(H,25,26)/p+1/t13-,14?,15?,16?,21?/m1/s1. The first-order valence-electron chi connectivity index (χ1n) is 9.97. The van der Waals surface area contributed by atoms with E-state index in [0.717, 1.165) is 30.4 Å². The van der Waals surface area contributed by atoms with Crippen molar-refractivity contribution in [2.75, 3.05) is 13.1 Å². The molecule has 1 atom stereocenters. The van der Waals surface area contributed by atoms with Gasteiger partial charge < -0.3 is 10.6 Å². The lowest BCUT2D eigenvalue weighted by atomic mass is 9.49. The summed E-state index contributed by atoms with van der Waals surface area (Å²) in [5.74, 6) is 1.02. The van der Waals surface area contributed by atoms with Gasteiger partial charge in [-0.25, -0.2) is 8.78 Å². The number of quaternary nitrogens is 1. The molecule has 5 heteroatoms. The average Bonchev–Trinajstić information content (AvgIpc) is 2.59. The van der Waals surface area contributed by atoms with E-state index in [9.17, 15) is 13.6 Å². The number of hydrogen-bond acceptors (Lipinski definition) is 1. The Balaban J connectivity index is 1.26. The lowest BCUT2D eigenvalue weighted by Gasteiger charge is -2.56. The van der Waals surface area contributed by atoms with Crippen LogP contribution in [0.4, 0.5) is 8.78 Å². The molecule has 1 aromatic rings. The van der Waals surface area contributed by atoms with Gasteiger partial charge >= 0.3 is 0 Å². The van der Waals surface area contributed by atoms with Gasteiger partial charge in [-0.1, -0.05) is 0 Å². The summed E-state index contributed by atoms with van der Waals surface area (Å²) in [4.78, 5) is 12.3. The minimum Gasteiger partial charge on any atom is -0.351 e. The topological polar surface area (TPSA) is 45.7 Å². The maximum Gasteiger partial charge on any atom is 0.275 e. The lowest BCUT2D eigenvalue weighted by molar-refractivity contribution is -0.682. The second kappa shape index (κ2) is 6.91. The molecule has 3 nitrogen and oxygen atoms in total. The molecule has 0 saturated heterocycles. The van der Waals surface area contributed by atoms with Crippen molar-refractivity contribution in [2.24, 2.45) is 23.2 Å². The summed E-state index contributed by atoms with van der Waals surface area (Å²) in [5, 5.41) is 5.04. The van der Waals surface area contributed by atoms with Gasteiger partial charge in [0.25, 0.3) is 5.91 Å². The third kappa shape index (κ3) is 3.64.